The van der Waals surface area contributed by atoms with Crippen molar-refractivity contribution >= 4 is 63.9 Å². The summed E-state index contributed by atoms with van der Waals surface area (Å²) in [5.74, 6) is -2.04. The van der Waals surface area contributed by atoms with Crippen LogP contribution in [0.1, 0.15) is 25.5 Å². The third-order valence-electron chi connectivity index (χ3n) is 4.81. The summed E-state index contributed by atoms with van der Waals surface area (Å²) in [5.41, 5.74) is 0.681. The second-order valence-electron chi connectivity index (χ2n) is 7.03. The molecular formula is C21H22N2O7S3. The fraction of sp³-hybridized carbons (Fsp3) is 0.381. The molecule has 2 aliphatic rings. The van der Waals surface area contributed by atoms with Gasteiger partial charge >= 0.3 is 11.9 Å². The Kier molecular flexibility index (Phi) is 8.38. The van der Waals surface area contributed by atoms with E-state index in [1.807, 2.05) is 6.92 Å². The maximum absolute atomic E-state index is 13.1. The number of esters is 1. The van der Waals surface area contributed by atoms with Crippen LogP contribution >= 0.6 is 35.7 Å². The molecule has 176 valence electrons. The number of fused-ring (bicyclic) bond motifs is 1. The van der Waals surface area contributed by atoms with E-state index in [0.29, 0.717) is 16.9 Å². The molecule has 2 N–H and O–H groups in total. The van der Waals surface area contributed by atoms with Gasteiger partial charge in [0.05, 0.1) is 0 Å². The highest BCUT2D eigenvalue weighted by molar-refractivity contribution is 8.22. The smallest absolute Gasteiger partial charge is 0.352 e. The van der Waals surface area contributed by atoms with Crippen molar-refractivity contribution in [1.29, 1.82) is 0 Å². The van der Waals surface area contributed by atoms with Crippen molar-refractivity contribution in [1.82, 2.24) is 10.2 Å². The number of β-lactam (4-membered cyclic amide) rings is 1. The largest absolute Gasteiger partial charge is 0.477 e. The molecule has 0 spiro atoms. The van der Waals surface area contributed by atoms with Crippen LogP contribution in [-0.4, -0.2) is 67.7 Å². The van der Waals surface area contributed by atoms with Gasteiger partial charge in [0.25, 0.3) is 11.8 Å². The molecule has 0 saturated carbocycles. The van der Waals surface area contributed by atoms with E-state index in [4.69, 9.17) is 21.7 Å². The minimum absolute atomic E-state index is 0.210. The average molecular weight is 511 g/mol. The third kappa shape index (κ3) is 5.68. The number of carboxylic acids is 1. The van der Waals surface area contributed by atoms with E-state index in [9.17, 15) is 24.3 Å². The Bertz CT molecular complexity index is 999. The SMILES string of the molecule is CCSC(=S)OC(C(=O)N[C@H]1C(=O)N2C(C(=O)O)=C(COC(C)=O)CSC12)c1ccccc1. The van der Waals surface area contributed by atoms with Gasteiger partial charge in [0, 0.05) is 23.8 Å². The van der Waals surface area contributed by atoms with E-state index in [2.05, 4.69) is 5.32 Å². The van der Waals surface area contributed by atoms with Crippen LogP contribution in [0.4, 0.5) is 0 Å². The van der Waals surface area contributed by atoms with Gasteiger partial charge in [-0.1, -0.05) is 49.0 Å². The molecule has 0 aromatic heterocycles. The second kappa shape index (κ2) is 11.0. The van der Waals surface area contributed by atoms with E-state index >= 15 is 0 Å². The molecule has 3 atom stereocenters. The first-order valence-corrected chi connectivity index (χ1v) is 12.4. The molecule has 1 saturated heterocycles. The summed E-state index contributed by atoms with van der Waals surface area (Å²) >= 11 is 7.76. The molecule has 0 radical (unpaired) electrons. The van der Waals surface area contributed by atoms with Crippen LogP contribution in [0.25, 0.3) is 0 Å². The lowest BCUT2D eigenvalue weighted by molar-refractivity contribution is -0.151. The zero-order chi connectivity index (χ0) is 24.1. The monoisotopic (exact) mass is 510 g/mol. The molecule has 1 fully saturated rings. The highest BCUT2D eigenvalue weighted by atomic mass is 32.2. The number of carbonyl (C=O) groups is 4. The van der Waals surface area contributed by atoms with Crippen LogP contribution in [-0.2, 0) is 28.7 Å². The van der Waals surface area contributed by atoms with Crippen molar-refractivity contribution in [3.8, 4) is 0 Å². The quantitative estimate of drug-likeness (QED) is 0.305. The molecule has 2 aliphatic heterocycles. The fourth-order valence-electron chi connectivity index (χ4n) is 3.36. The third-order valence-corrected chi connectivity index (χ3v) is 7.22. The standard InChI is InChI=1S/C21H22N2O7S3/c1-3-32-21(31)30-16(12-7-5-4-6-8-12)17(25)22-14-18(26)23-15(20(27)28)13(9-29-11(2)24)10-33-19(14)23/h4-8,14,16,19H,3,9-10H2,1-2H3,(H,22,25)(H,27,28)/t14-,16?,19?/m0/s1. The minimum Gasteiger partial charge on any atom is -0.477 e. The van der Waals surface area contributed by atoms with Gasteiger partial charge in [0.15, 0.2) is 0 Å². The summed E-state index contributed by atoms with van der Waals surface area (Å²) in [6, 6.07) is 7.85. The summed E-state index contributed by atoms with van der Waals surface area (Å²) in [5, 5.41) is 11.7. The van der Waals surface area contributed by atoms with Gasteiger partial charge < -0.3 is 19.9 Å². The maximum Gasteiger partial charge on any atom is 0.352 e. The van der Waals surface area contributed by atoms with E-state index in [1.165, 1.54) is 30.4 Å². The summed E-state index contributed by atoms with van der Waals surface area (Å²) in [7, 11) is 0. The van der Waals surface area contributed by atoms with Crippen molar-refractivity contribution in [3.63, 3.8) is 0 Å². The Morgan fingerprint density at radius 2 is 2.03 bits per heavy atom. The first kappa shape index (κ1) is 25.1. The van der Waals surface area contributed by atoms with Gasteiger partial charge in [-0.25, -0.2) is 4.79 Å². The maximum atomic E-state index is 13.1. The van der Waals surface area contributed by atoms with Crippen LogP contribution in [0.2, 0.25) is 0 Å². The summed E-state index contributed by atoms with van der Waals surface area (Å²) < 4.78 is 10.8. The van der Waals surface area contributed by atoms with Crippen LogP contribution in [0.5, 0.6) is 0 Å². The molecule has 2 amide bonds. The van der Waals surface area contributed by atoms with Gasteiger partial charge in [-0.15, -0.1) is 11.8 Å². The number of thioether (sulfide) groups is 2. The number of aliphatic carboxylic acids is 1. The van der Waals surface area contributed by atoms with Crippen LogP contribution in [0.15, 0.2) is 41.6 Å². The van der Waals surface area contributed by atoms with E-state index in [1.54, 1.807) is 30.3 Å². The molecule has 2 heterocycles. The predicted octanol–water partition coefficient (Wildman–Crippen LogP) is 2.08. The van der Waals surface area contributed by atoms with Gasteiger partial charge in [-0.05, 0) is 18.0 Å². The number of hydrogen-bond acceptors (Lipinski definition) is 9. The molecule has 12 heteroatoms. The first-order valence-electron chi connectivity index (χ1n) is 9.96. The zero-order valence-electron chi connectivity index (χ0n) is 17.8. The van der Waals surface area contributed by atoms with Crippen molar-refractivity contribution < 1.29 is 33.8 Å². The fourth-order valence-corrected chi connectivity index (χ4v) is 5.54. The second-order valence-corrected chi connectivity index (χ2v) is 10.00. The first-order chi connectivity index (χ1) is 15.7. The molecule has 0 aliphatic carbocycles. The number of thiocarbonyl (C=S) groups is 1. The van der Waals surface area contributed by atoms with Gasteiger partial charge in [-0.2, -0.15) is 0 Å². The number of amides is 2. The summed E-state index contributed by atoms with van der Waals surface area (Å²) in [4.78, 5) is 50.0. The topological polar surface area (TPSA) is 122 Å². The summed E-state index contributed by atoms with van der Waals surface area (Å²) in [6.07, 6.45) is -1.05. The lowest BCUT2D eigenvalue weighted by atomic mass is 10.0. The number of carbonyl (C=O) groups excluding carboxylic acids is 3. The highest BCUT2D eigenvalue weighted by Crippen LogP contribution is 2.40. The molecule has 33 heavy (non-hydrogen) atoms. The van der Waals surface area contributed by atoms with Crippen molar-refractivity contribution in [2.75, 3.05) is 18.1 Å². The minimum atomic E-state index is -1.30. The van der Waals surface area contributed by atoms with E-state index in [-0.39, 0.29) is 22.4 Å². The molecule has 1 aromatic carbocycles. The van der Waals surface area contributed by atoms with Gasteiger partial charge in [-0.3, -0.25) is 19.3 Å². The normalized spacial score (nSPS) is 20.3. The number of hydrogen-bond donors (Lipinski definition) is 2. The van der Waals surface area contributed by atoms with Crippen LogP contribution < -0.4 is 5.32 Å². The predicted molar refractivity (Wildman–Crippen MR) is 127 cm³/mol. The number of rotatable bonds is 8. The molecule has 3 rings (SSSR count). The molecule has 2 unspecified atom stereocenters. The van der Waals surface area contributed by atoms with Crippen molar-refractivity contribution in [2.45, 2.75) is 31.4 Å². The Hall–Kier alpha value is -2.57. The number of nitrogens with one attached hydrogen (secondary N) is 1. The highest BCUT2D eigenvalue weighted by Gasteiger charge is 2.54. The van der Waals surface area contributed by atoms with Gasteiger partial charge in [0.2, 0.25) is 10.5 Å². The lowest BCUT2D eigenvalue weighted by Gasteiger charge is -2.49. The molecule has 9 nitrogen and oxygen atoms in total. The number of ether oxygens (including phenoxy) is 2. The Labute approximate surface area is 204 Å². The van der Waals surface area contributed by atoms with E-state index in [0.717, 1.165) is 4.90 Å². The Morgan fingerprint density at radius 1 is 1.33 bits per heavy atom. The Morgan fingerprint density at radius 3 is 2.64 bits per heavy atom. The lowest BCUT2D eigenvalue weighted by Crippen LogP contribution is -2.71. The van der Waals surface area contributed by atoms with Gasteiger partial charge in [0.1, 0.15) is 23.7 Å². The number of nitrogens with zero attached hydrogens (tertiary/aromatic N) is 1. The van der Waals surface area contributed by atoms with Crippen LogP contribution in [0, 0.1) is 0 Å². The van der Waals surface area contributed by atoms with Crippen molar-refractivity contribution in [3.05, 3.63) is 47.2 Å². The number of benzene rings is 1. The average Bonchev–Trinajstić information content (AvgIpc) is 2.79. The Balaban J connectivity index is 1.76. The van der Waals surface area contributed by atoms with Crippen molar-refractivity contribution in [2.24, 2.45) is 0 Å². The molecule has 0 bridgehead atoms. The number of carboxylic acid groups (broad SMARTS) is 1. The van der Waals surface area contributed by atoms with E-state index < -0.39 is 41.3 Å². The molecule has 1 aromatic rings. The summed E-state index contributed by atoms with van der Waals surface area (Å²) in [6.45, 7) is 2.91. The zero-order valence-corrected chi connectivity index (χ0v) is 20.3. The van der Waals surface area contributed by atoms with Crippen LogP contribution in [0.3, 0.4) is 0 Å². The molecular weight excluding hydrogens is 488 g/mol.